The van der Waals surface area contributed by atoms with Crippen LogP contribution in [-0.4, -0.2) is 18.5 Å². The lowest BCUT2D eigenvalue weighted by molar-refractivity contribution is 0.0647. The predicted molar refractivity (Wildman–Crippen MR) is 63.0 cm³/mol. The average molecular weight is 340 g/mol. The Morgan fingerprint density at radius 3 is 2.86 bits per heavy atom. The molecule has 0 radical (unpaired) electrons. The third kappa shape index (κ3) is 2.10. The normalized spacial score (nSPS) is 21.4. The molecule has 76 valence electrons. The van der Waals surface area contributed by atoms with Gasteiger partial charge in [-0.3, -0.25) is 4.79 Å². The minimum atomic E-state index is -0.215. The second-order valence-electron chi connectivity index (χ2n) is 3.10. The van der Waals surface area contributed by atoms with Crippen LogP contribution in [0.3, 0.4) is 0 Å². The lowest BCUT2D eigenvalue weighted by atomic mass is 10.1. The van der Waals surface area contributed by atoms with Gasteiger partial charge in [0.15, 0.2) is 0 Å². The van der Waals surface area contributed by atoms with Gasteiger partial charge in [-0.05, 0) is 50.8 Å². The van der Waals surface area contributed by atoms with E-state index in [1.165, 1.54) is 11.3 Å². The molecule has 0 spiro atoms. The molecule has 0 saturated carbocycles. The molecule has 5 heteroatoms. The zero-order chi connectivity index (χ0) is 10.1. The van der Waals surface area contributed by atoms with Crippen molar-refractivity contribution in [2.24, 2.45) is 0 Å². The Hall–Kier alpha value is 0.290. The molecular formula is C9H8Br2O2S. The van der Waals surface area contributed by atoms with Crippen LogP contribution in [0.5, 0.6) is 0 Å². The number of Topliss-reactive ketones (excluding diaryl/α,β-unsaturated/α-hetero) is 1. The first-order valence-electron chi connectivity index (χ1n) is 4.29. The van der Waals surface area contributed by atoms with Crippen molar-refractivity contribution in [3.05, 3.63) is 19.2 Å². The molecule has 1 fully saturated rings. The van der Waals surface area contributed by atoms with Crippen molar-refractivity contribution in [2.45, 2.75) is 18.9 Å². The summed E-state index contributed by atoms with van der Waals surface area (Å²) in [6.07, 6.45) is 1.63. The van der Waals surface area contributed by atoms with Gasteiger partial charge in [0.1, 0.15) is 6.10 Å². The first-order chi connectivity index (χ1) is 6.68. The van der Waals surface area contributed by atoms with Crippen LogP contribution >= 0.6 is 43.2 Å². The van der Waals surface area contributed by atoms with Crippen LogP contribution in [0.15, 0.2) is 14.3 Å². The van der Waals surface area contributed by atoms with Gasteiger partial charge in [-0.1, -0.05) is 0 Å². The van der Waals surface area contributed by atoms with Gasteiger partial charge < -0.3 is 4.74 Å². The second kappa shape index (κ2) is 4.43. The lowest BCUT2D eigenvalue weighted by Gasteiger charge is -2.04. The summed E-state index contributed by atoms with van der Waals surface area (Å²) in [7, 11) is 0. The first kappa shape index (κ1) is 10.8. The molecule has 1 aromatic heterocycles. The van der Waals surface area contributed by atoms with Crippen LogP contribution in [-0.2, 0) is 4.74 Å². The van der Waals surface area contributed by atoms with E-state index in [1.807, 2.05) is 6.07 Å². The van der Waals surface area contributed by atoms with Gasteiger partial charge in [-0.25, -0.2) is 0 Å². The van der Waals surface area contributed by atoms with Gasteiger partial charge in [0.05, 0.1) is 8.66 Å². The summed E-state index contributed by atoms with van der Waals surface area (Å²) in [5.41, 5.74) is 0. The Morgan fingerprint density at radius 1 is 1.57 bits per heavy atom. The fourth-order valence-electron chi connectivity index (χ4n) is 1.41. The highest BCUT2D eigenvalue weighted by molar-refractivity contribution is 9.13. The Morgan fingerprint density at radius 2 is 2.36 bits per heavy atom. The molecule has 1 unspecified atom stereocenters. The van der Waals surface area contributed by atoms with Crippen molar-refractivity contribution < 1.29 is 9.53 Å². The molecule has 2 heterocycles. The zero-order valence-corrected chi connectivity index (χ0v) is 11.2. The molecule has 0 bridgehead atoms. The molecule has 0 amide bonds. The van der Waals surface area contributed by atoms with E-state index >= 15 is 0 Å². The Bertz CT molecular complexity index is 336. The summed E-state index contributed by atoms with van der Waals surface area (Å²) in [5.74, 6) is 0.110. The zero-order valence-electron chi connectivity index (χ0n) is 7.26. The molecule has 1 saturated heterocycles. The van der Waals surface area contributed by atoms with Crippen LogP contribution in [0.25, 0.3) is 0 Å². The van der Waals surface area contributed by atoms with E-state index in [-0.39, 0.29) is 11.9 Å². The number of halogens is 2. The highest BCUT2D eigenvalue weighted by Crippen LogP contribution is 2.34. The number of hydrogen-bond donors (Lipinski definition) is 0. The van der Waals surface area contributed by atoms with Crippen molar-refractivity contribution in [1.29, 1.82) is 0 Å². The van der Waals surface area contributed by atoms with Crippen LogP contribution in [0.1, 0.15) is 22.5 Å². The fraction of sp³-hybridized carbons (Fsp3) is 0.444. The van der Waals surface area contributed by atoms with Gasteiger partial charge in [-0.2, -0.15) is 0 Å². The maximum Gasteiger partial charge on any atom is 0.201 e. The van der Waals surface area contributed by atoms with Crippen molar-refractivity contribution in [2.75, 3.05) is 6.61 Å². The molecule has 1 aromatic rings. The summed E-state index contributed by atoms with van der Waals surface area (Å²) in [5, 5.41) is 0. The van der Waals surface area contributed by atoms with E-state index in [0.29, 0.717) is 6.61 Å². The molecule has 0 N–H and O–H groups in total. The van der Waals surface area contributed by atoms with E-state index in [2.05, 4.69) is 31.9 Å². The second-order valence-corrected chi connectivity index (χ2v) is 6.32. The number of rotatable bonds is 2. The monoisotopic (exact) mass is 338 g/mol. The Kier molecular flexibility index (Phi) is 3.42. The number of hydrogen-bond acceptors (Lipinski definition) is 3. The topological polar surface area (TPSA) is 26.3 Å². The molecule has 1 aliphatic heterocycles. The number of carbonyl (C=O) groups is 1. The lowest BCUT2D eigenvalue weighted by Crippen LogP contribution is -2.18. The molecule has 1 aliphatic rings. The SMILES string of the molecule is O=C(c1cc(Br)c(Br)s1)C1CCCO1. The van der Waals surface area contributed by atoms with Crippen molar-refractivity contribution in [1.82, 2.24) is 0 Å². The number of carbonyl (C=O) groups excluding carboxylic acids is 1. The van der Waals surface area contributed by atoms with Gasteiger partial charge in [0.25, 0.3) is 0 Å². The molecule has 0 aromatic carbocycles. The third-order valence-corrected chi connectivity index (χ3v) is 5.38. The summed E-state index contributed by atoms with van der Waals surface area (Å²) >= 11 is 8.18. The average Bonchev–Trinajstić information content (AvgIpc) is 2.76. The highest BCUT2D eigenvalue weighted by Gasteiger charge is 2.26. The molecule has 2 rings (SSSR count). The maximum atomic E-state index is 11.9. The van der Waals surface area contributed by atoms with E-state index < -0.39 is 0 Å². The molecular weight excluding hydrogens is 332 g/mol. The number of thiophene rings is 1. The highest BCUT2D eigenvalue weighted by atomic mass is 79.9. The van der Waals surface area contributed by atoms with Crippen LogP contribution in [0.4, 0.5) is 0 Å². The largest absolute Gasteiger partial charge is 0.370 e. The molecule has 0 aliphatic carbocycles. The van der Waals surface area contributed by atoms with E-state index in [4.69, 9.17) is 4.74 Å². The molecule has 2 nitrogen and oxygen atoms in total. The smallest absolute Gasteiger partial charge is 0.201 e. The number of ketones is 1. The fourth-order valence-corrected chi connectivity index (χ4v) is 3.43. The summed E-state index contributed by atoms with van der Waals surface area (Å²) in [4.78, 5) is 12.6. The molecule has 14 heavy (non-hydrogen) atoms. The van der Waals surface area contributed by atoms with E-state index in [0.717, 1.165) is 26.0 Å². The molecule has 1 atom stereocenters. The Labute approximate surface area is 103 Å². The van der Waals surface area contributed by atoms with Crippen LogP contribution in [0, 0.1) is 0 Å². The Balaban J connectivity index is 2.18. The maximum absolute atomic E-state index is 11.9. The van der Waals surface area contributed by atoms with Crippen LogP contribution in [0.2, 0.25) is 0 Å². The standard InChI is InChI=1S/C9H8Br2O2S/c10-5-4-7(14-9(5)11)8(12)6-2-1-3-13-6/h4,6H,1-3H2. The summed E-state index contributed by atoms with van der Waals surface area (Å²) in [6.45, 7) is 0.712. The number of ether oxygens (including phenoxy) is 1. The van der Waals surface area contributed by atoms with Gasteiger partial charge in [-0.15, -0.1) is 11.3 Å². The van der Waals surface area contributed by atoms with Crippen molar-refractivity contribution >= 4 is 49.0 Å². The third-order valence-electron chi connectivity index (χ3n) is 2.11. The predicted octanol–water partition coefficient (Wildman–Crippen LogP) is 3.63. The summed E-state index contributed by atoms with van der Waals surface area (Å²) < 4.78 is 7.24. The van der Waals surface area contributed by atoms with Crippen LogP contribution < -0.4 is 0 Å². The van der Waals surface area contributed by atoms with Crippen molar-refractivity contribution in [3.63, 3.8) is 0 Å². The van der Waals surface area contributed by atoms with E-state index in [1.54, 1.807) is 0 Å². The van der Waals surface area contributed by atoms with Gasteiger partial charge in [0, 0.05) is 11.1 Å². The minimum absolute atomic E-state index is 0.110. The first-order valence-corrected chi connectivity index (χ1v) is 6.69. The van der Waals surface area contributed by atoms with Gasteiger partial charge in [0.2, 0.25) is 5.78 Å². The van der Waals surface area contributed by atoms with E-state index in [9.17, 15) is 4.79 Å². The summed E-state index contributed by atoms with van der Waals surface area (Å²) in [6, 6.07) is 1.85. The van der Waals surface area contributed by atoms with Crippen molar-refractivity contribution in [3.8, 4) is 0 Å². The minimum Gasteiger partial charge on any atom is -0.370 e. The quantitative estimate of drug-likeness (QED) is 0.769. The van der Waals surface area contributed by atoms with Gasteiger partial charge >= 0.3 is 0 Å².